The number of carbonyl (C=O) groups excluding carboxylic acids is 2. The summed E-state index contributed by atoms with van der Waals surface area (Å²) in [6, 6.07) is 9.07. The lowest BCUT2D eigenvalue weighted by atomic mass is 10.0. The summed E-state index contributed by atoms with van der Waals surface area (Å²) in [5.41, 5.74) is 4.48. The van der Waals surface area contributed by atoms with E-state index in [4.69, 9.17) is 10.5 Å². The number of methoxy groups -OCH3 is 2. The van der Waals surface area contributed by atoms with Gasteiger partial charge >= 0.3 is 6.09 Å². The van der Waals surface area contributed by atoms with Crippen molar-refractivity contribution >= 4 is 12.0 Å². The molecule has 0 aliphatic heterocycles. The topological polar surface area (TPSA) is 90.7 Å². The van der Waals surface area contributed by atoms with Crippen molar-refractivity contribution in [1.82, 2.24) is 5.32 Å². The predicted octanol–water partition coefficient (Wildman–Crippen LogP) is 0.413. The molecule has 18 heavy (non-hydrogen) atoms. The van der Waals surface area contributed by atoms with Gasteiger partial charge in [0.1, 0.15) is 0 Å². The first-order chi connectivity index (χ1) is 8.54. The molecule has 0 saturated heterocycles. The van der Waals surface area contributed by atoms with Crippen molar-refractivity contribution in [3.8, 4) is 0 Å². The molecule has 6 nitrogen and oxygen atoms in total. The van der Waals surface area contributed by atoms with Crippen molar-refractivity contribution in [3.05, 3.63) is 35.9 Å². The van der Waals surface area contributed by atoms with E-state index in [1.165, 1.54) is 14.2 Å². The fraction of sp³-hybridized carbons (Fsp3) is 0.333. The molecule has 0 aromatic heterocycles. The van der Waals surface area contributed by atoms with Gasteiger partial charge in [0.15, 0.2) is 0 Å². The van der Waals surface area contributed by atoms with Gasteiger partial charge in [-0.25, -0.2) is 4.79 Å². The van der Waals surface area contributed by atoms with Crippen molar-refractivity contribution in [2.24, 2.45) is 5.73 Å². The monoisotopic (exact) mass is 252 g/mol. The molecule has 6 heteroatoms. The molecule has 0 radical (unpaired) electrons. The SMILES string of the molecule is COC(=O)N[C@](Cc1ccccc1)(OC)C(N)=O. The van der Waals surface area contributed by atoms with Crippen LogP contribution in [0.3, 0.4) is 0 Å². The smallest absolute Gasteiger partial charge is 0.409 e. The highest BCUT2D eigenvalue weighted by atomic mass is 16.6. The van der Waals surface area contributed by atoms with Crippen LogP contribution in [-0.4, -0.2) is 31.9 Å². The third-order valence-electron chi connectivity index (χ3n) is 2.53. The number of nitrogens with two attached hydrogens (primary N) is 1. The fourth-order valence-corrected chi connectivity index (χ4v) is 1.52. The zero-order chi connectivity index (χ0) is 13.6. The second-order valence-corrected chi connectivity index (χ2v) is 3.67. The number of primary amides is 1. The van der Waals surface area contributed by atoms with E-state index in [0.29, 0.717) is 0 Å². The molecule has 2 amide bonds. The Morgan fingerprint density at radius 2 is 1.89 bits per heavy atom. The number of hydrogen-bond donors (Lipinski definition) is 2. The van der Waals surface area contributed by atoms with Gasteiger partial charge in [0, 0.05) is 13.5 Å². The lowest BCUT2D eigenvalue weighted by Gasteiger charge is -2.29. The average Bonchev–Trinajstić information content (AvgIpc) is 2.38. The van der Waals surface area contributed by atoms with Crippen molar-refractivity contribution in [2.75, 3.05) is 14.2 Å². The Balaban J connectivity index is 2.97. The summed E-state index contributed by atoms with van der Waals surface area (Å²) in [5, 5.41) is 2.32. The molecular weight excluding hydrogens is 236 g/mol. The van der Waals surface area contributed by atoms with Crippen LogP contribution in [0.5, 0.6) is 0 Å². The van der Waals surface area contributed by atoms with Gasteiger partial charge in [0.05, 0.1) is 7.11 Å². The third kappa shape index (κ3) is 3.21. The third-order valence-corrected chi connectivity index (χ3v) is 2.53. The van der Waals surface area contributed by atoms with Gasteiger partial charge in [-0.15, -0.1) is 0 Å². The predicted molar refractivity (Wildman–Crippen MR) is 64.6 cm³/mol. The van der Waals surface area contributed by atoms with Crippen LogP contribution in [0.4, 0.5) is 4.79 Å². The summed E-state index contributed by atoms with van der Waals surface area (Å²) in [7, 11) is 2.49. The van der Waals surface area contributed by atoms with Crippen LogP contribution in [0.1, 0.15) is 5.56 Å². The fourth-order valence-electron chi connectivity index (χ4n) is 1.52. The van der Waals surface area contributed by atoms with Crippen LogP contribution in [0.25, 0.3) is 0 Å². The van der Waals surface area contributed by atoms with Crippen LogP contribution in [0, 0.1) is 0 Å². The van der Waals surface area contributed by atoms with E-state index in [0.717, 1.165) is 5.56 Å². The average molecular weight is 252 g/mol. The zero-order valence-corrected chi connectivity index (χ0v) is 10.3. The van der Waals surface area contributed by atoms with E-state index in [1.807, 2.05) is 18.2 Å². The quantitative estimate of drug-likeness (QED) is 0.743. The summed E-state index contributed by atoms with van der Waals surface area (Å²) < 4.78 is 9.55. The first-order valence-electron chi connectivity index (χ1n) is 5.29. The number of amides is 2. The molecule has 1 aromatic carbocycles. The number of nitrogens with one attached hydrogen (secondary N) is 1. The van der Waals surface area contributed by atoms with Crippen molar-refractivity contribution in [3.63, 3.8) is 0 Å². The first kappa shape index (κ1) is 14.0. The normalized spacial score (nSPS) is 13.4. The Labute approximate surface area is 105 Å². The molecule has 1 atom stereocenters. The largest absolute Gasteiger partial charge is 0.453 e. The molecule has 1 rings (SSSR count). The van der Waals surface area contributed by atoms with Crippen LogP contribution in [0.15, 0.2) is 30.3 Å². The van der Waals surface area contributed by atoms with Crippen LogP contribution in [-0.2, 0) is 20.7 Å². The van der Waals surface area contributed by atoms with Gasteiger partial charge in [0.2, 0.25) is 5.72 Å². The highest BCUT2D eigenvalue weighted by Gasteiger charge is 2.39. The number of alkyl carbamates (subject to hydrolysis) is 1. The minimum absolute atomic E-state index is 0.120. The molecule has 1 aromatic rings. The highest BCUT2D eigenvalue weighted by molar-refractivity contribution is 5.87. The molecule has 0 bridgehead atoms. The van der Waals surface area contributed by atoms with Gasteiger partial charge in [-0.3, -0.25) is 10.1 Å². The van der Waals surface area contributed by atoms with Gasteiger partial charge in [-0.2, -0.15) is 0 Å². The molecule has 0 heterocycles. The molecule has 0 aliphatic carbocycles. The van der Waals surface area contributed by atoms with Gasteiger partial charge < -0.3 is 15.2 Å². The minimum Gasteiger partial charge on any atom is -0.453 e. The summed E-state index contributed by atoms with van der Waals surface area (Å²) in [5.74, 6) is -0.792. The number of carbonyl (C=O) groups is 2. The number of ether oxygens (including phenoxy) is 2. The highest BCUT2D eigenvalue weighted by Crippen LogP contribution is 2.14. The second-order valence-electron chi connectivity index (χ2n) is 3.67. The maximum Gasteiger partial charge on any atom is 0.409 e. The molecule has 0 aliphatic rings. The van der Waals surface area contributed by atoms with Crippen molar-refractivity contribution in [2.45, 2.75) is 12.1 Å². The Morgan fingerprint density at radius 1 is 1.28 bits per heavy atom. The number of benzene rings is 1. The minimum atomic E-state index is -1.62. The molecule has 98 valence electrons. The van der Waals surface area contributed by atoms with E-state index in [9.17, 15) is 9.59 Å². The molecule has 3 N–H and O–H groups in total. The van der Waals surface area contributed by atoms with E-state index >= 15 is 0 Å². The van der Waals surface area contributed by atoms with Crippen molar-refractivity contribution < 1.29 is 19.1 Å². The number of rotatable bonds is 5. The van der Waals surface area contributed by atoms with E-state index < -0.39 is 17.7 Å². The van der Waals surface area contributed by atoms with E-state index in [2.05, 4.69) is 10.1 Å². The van der Waals surface area contributed by atoms with Gasteiger partial charge in [0.25, 0.3) is 5.91 Å². The lowest BCUT2D eigenvalue weighted by Crippen LogP contribution is -2.60. The van der Waals surface area contributed by atoms with E-state index in [1.54, 1.807) is 12.1 Å². The summed E-state index contributed by atoms with van der Waals surface area (Å²) in [6.45, 7) is 0. The maximum absolute atomic E-state index is 11.5. The summed E-state index contributed by atoms with van der Waals surface area (Å²) in [6.07, 6.45) is -0.666. The molecule has 0 saturated carbocycles. The molecular formula is C12H16N2O4. The molecule has 0 fully saturated rings. The Hall–Kier alpha value is -2.08. The van der Waals surface area contributed by atoms with Crippen LogP contribution >= 0.6 is 0 Å². The van der Waals surface area contributed by atoms with Gasteiger partial charge in [-0.1, -0.05) is 30.3 Å². The van der Waals surface area contributed by atoms with Gasteiger partial charge in [-0.05, 0) is 5.56 Å². The Bertz CT molecular complexity index is 421. The molecule has 0 unspecified atom stereocenters. The summed E-state index contributed by atoms with van der Waals surface area (Å²) >= 11 is 0. The number of hydrogen-bond acceptors (Lipinski definition) is 4. The lowest BCUT2D eigenvalue weighted by molar-refractivity contribution is -0.143. The second kappa shape index (κ2) is 6.02. The summed E-state index contributed by atoms with van der Waals surface area (Å²) in [4.78, 5) is 22.8. The van der Waals surface area contributed by atoms with Crippen LogP contribution < -0.4 is 11.1 Å². The van der Waals surface area contributed by atoms with Crippen molar-refractivity contribution in [1.29, 1.82) is 0 Å². The molecule has 0 spiro atoms. The van der Waals surface area contributed by atoms with E-state index in [-0.39, 0.29) is 6.42 Å². The Kier molecular flexibility index (Phi) is 4.67. The standard InChI is InChI=1S/C12H16N2O4/c1-17-11(16)14-12(18-2,10(13)15)8-9-6-4-3-5-7-9/h3-7H,8H2,1-2H3,(H2,13,15)(H,14,16)/t12-/m1/s1. The van der Waals surface area contributed by atoms with Crippen LogP contribution in [0.2, 0.25) is 0 Å². The zero-order valence-electron chi connectivity index (χ0n) is 10.3. The maximum atomic E-state index is 11.5. The Morgan fingerprint density at radius 3 is 2.33 bits per heavy atom. The first-order valence-corrected chi connectivity index (χ1v) is 5.29.